The molecule has 3 rings (SSSR count). The highest BCUT2D eigenvalue weighted by molar-refractivity contribution is 6.39. The quantitative estimate of drug-likeness (QED) is 0.249. The van der Waals surface area contributed by atoms with Crippen LogP contribution in [-0.2, 0) is 9.59 Å². The first-order valence-corrected chi connectivity index (χ1v) is 12.3. The number of nitrogens with one attached hydrogen (secondary N) is 4. The van der Waals surface area contributed by atoms with Gasteiger partial charge >= 0.3 is 0 Å². The summed E-state index contributed by atoms with van der Waals surface area (Å²) >= 11 is 12.1. The minimum absolute atomic E-state index is 0.00316. The van der Waals surface area contributed by atoms with Crippen LogP contribution in [0.2, 0.25) is 10.0 Å². The Bertz CT molecular complexity index is 1280. The van der Waals surface area contributed by atoms with E-state index in [4.69, 9.17) is 34.3 Å². The summed E-state index contributed by atoms with van der Waals surface area (Å²) in [5, 5.41) is 15.6. The Hall–Kier alpha value is -4.15. The van der Waals surface area contributed by atoms with Crippen molar-refractivity contribution in [3.05, 3.63) is 87.7 Å². The van der Waals surface area contributed by atoms with Crippen molar-refractivity contribution in [2.75, 3.05) is 18.4 Å². The van der Waals surface area contributed by atoms with E-state index in [0.29, 0.717) is 37.2 Å². The molecular formula is C26H26Cl2N6O4. The molecule has 0 bridgehead atoms. The second kappa shape index (κ2) is 12.9. The lowest BCUT2D eigenvalue weighted by atomic mass is 10.0. The molecule has 0 unspecified atom stereocenters. The normalized spacial score (nSPS) is 14.1. The Morgan fingerprint density at radius 3 is 2.18 bits per heavy atom. The van der Waals surface area contributed by atoms with Gasteiger partial charge in [0.25, 0.3) is 17.7 Å². The van der Waals surface area contributed by atoms with Crippen LogP contribution in [-0.4, -0.2) is 53.9 Å². The van der Waals surface area contributed by atoms with Crippen LogP contribution in [0.25, 0.3) is 0 Å². The monoisotopic (exact) mass is 556 g/mol. The van der Waals surface area contributed by atoms with E-state index in [1.807, 2.05) is 0 Å². The summed E-state index contributed by atoms with van der Waals surface area (Å²) in [6.07, 6.45) is 2.89. The van der Waals surface area contributed by atoms with E-state index in [0.717, 1.165) is 12.3 Å². The number of carbonyl (C=O) groups is 4. The molecule has 2 aromatic rings. The van der Waals surface area contributed by atoms with Gasteiger partial charge in [-0.05, 0) is 55.3 Å². The second-order valence-electron chi connectivity index (χ2n) is 8.33. The van der Waals surface area contributed by atoms with Crippen LogP contribution >= 0.6 is 23.2 Å². The van der Waals surface area contributed by atoms with E-state index >= 15 is 0 Å². The third-order valence-corrected chi connectivity index (χ3v) is 6.45. The number of likely N-dealkylation sites (tertiary alicyclic amines) is 1. The van der Waals surface area contributed by atoms with E-state index < -0.39 is 11.8 Å². The topological polar surface area (TPSA) is 157 Å². The number of anilines is 1. The number of nitrogens with two attached hydrogens (primary N) is 1. The van der Waals surface area contributed by atoms with Crippen molar-refractivity contribution in [3.63, 3.8) is 0 Å². The molecule has 0 spiro atoms. The number of carbonyl (C=O) groups excluding carboxylic acids is 4. The van der Waals surface area contributed by atoms with Crippen LogP contribution in [0.4, 0.5) is 5.69 Å². The Kier molecular flexibility index (Phi) is 9.64. The first-order chi connectivity index (χ1) is 18.1. The van der Waals surface area contributed by atoms with Gasteiger partial charge in [-0.25, -0.2) is 0 Å². The summed E-state index contributed by atoms with van der Waals surface area (Å²) < 4.78 is 0. The highest BCUT2D eigenvalue weighted by atomic mass is 35.5. The maximum atomic E-state index is 12.8. The van der Waals surface area contributed by atoms with E-state index in [1.54, 1.807) is 35.2 Å². The molecule has 2 aromatic carbocycles. The Morgan fingerprint density at radius 2 is 1.63 bits per heavy atom. The molecule has 1 aliphatic heterocycles. The summed E-state index contributed by atoms with van der Waals surface area (Å²) in [6, 6.07) is 10.8. The number of nitrogens with zero attached hydrogens (tertiary/aromatic N) is 1. The van der Waals surface area contributed by atoms with Gasteiger partial charge in [-0.1, -0.05) is 35.8 Å². The van der Waals surface area contributed by atoms with Gasteiger partial charge < -0.3 is 32.0 Å². The van der Waals surface area contributed by atoms with Gasteiger partial charge in [-0.3, -0.25) is 19.2 Å². The van der Waals surface area contributed by atoms with Crippen molar-refractivity contribution in [3.8, 4) is 0 Å². The molecule has 0 aliphatic carbocycles. The summed E-state index contributed by atoms with van der Waals surface area (Å²) in [6.45, 7) is 4.20. The van der Waals surface area contributed by atoms with E-state index in [9.17, 15) is 19.2 Å². The lowest BCUT2D eigenvalue weighted by Crippen LogP contribution is -2.48. The fraction of sp³-hybridized carbons (Fsp3) is 0.192. The zero-order chi connectivity index (χ0) is 27.8. The zero-order valence-electron chi connectivity index (χ0n) is 20.2. The zero-order valence-corrected chi connectivity index (χ0v) is 21.7. The van der Waals surface area contributed by atoms with Crippen LogP contribution in [0.5, 0.6) is 0 Å². The molecule has 10 nitrogen and oxygen atoms in total. The molecule has 1 aliphatic rings. The number of halogens is 2. The minimum atomic E-state index is -0.710. The smallest absolute Gasteiger partial charge is 0.269 e. The van der Waals surface area contributed by atoms with Crippen molar-refractivity contribution >= 4 is 58.7 Å². The van der Waals surface area contributed by atoms with Gasteiger partial charge in [0.1, 0.15) is 5.70 Å². The van der Waals surface area contributed by atoms with Crippen molar-refractivity contribution in [2.45, 2.75) is 18.9 Å². The minimum Gasteiger partial charge on any atom is -0.393 e. The predicted octanol–water partition coefficient (Wildman–Crippen LogP) is 3.09. The second-order valence-corrected chi connectivity index (χ2v) is 9.15. The van der Waals surface area contributed by atoms with Crippen molar-refractivity contribution in [2.24, 2.45) is 5.73 Å². The molecule has 0 saturated carbocycles. The third kappa shape index (κ3) is 6.99. The third-order valence-electron chi connectivity index (χ3n) is 5.82. The van der Waals surface area contributed by atoms with Gasteiger partial charge in [-0.2, -0.15) is 0 Å². The SMILES string of the molecule is C=CC(=O)Nc1ccc(C(=O)N2CCC(NC(=O)C(N)=C(C=N)NC(=O)c3c(Cl)cccc3Cl)CC2)cc1. The molecule has 0 atom stereocenters. The van der Waals surface area contributed by atoms with Gasteiger partial charge in [0.2, 0.25) is 5.91 Å². The van der Waals surface area contributed by atoms with Crippen LogP contribution in [0.1, 0.15) is 33.6 Å². The molecule has 198 valence electrons. The number of hydrogen-bond acceptors (Lipinski definition) is 6. The van der Waals surface area contributed by atoms with Gasteiger partial charge in [-0.15, -0.1) is 0 Å². The molecule has 1 fully saturated rings. The molecule has 1 heterocycles. The molecule has 38 heavy (non-hydrogen) atoms. The number of benzene rings is 2. The molecule has 6 N–H and O–H groups in total. The van der Waals surface area contributed by atoms with Gasteiger partial charge in [0.15, 0.2) is 0 Å². The van der Waals surface area contributed by atoms with Crippen LogP contribution in [0.3, 0.4) is 0 Å². The molecule has 4 amide bonds. The predicted molar refractivity (Wildman–Crippen MR) is 146 cm³/mol. The first kappa shape index (κ1) is 28.4. The summed E-state index contributed by atoms with van der Waals surface area (Å²) in [5.74, 6) is -1.87. The van der Waals surface area contributed by atoms with Crippen LogP contribution < -0.4 is 21.7 Å². The molecule has 12 heteroatoms. The van der Waals surface area contributed by atoms with Gasteiger partial charge in [0, 0.05) is 36.6 Å². The molecular weight excluding hydrogens is 531 g/mol. The van der Waals surface area contributed by atoms with Crippen LogP contribution in [0, 0.1) is 5.41 Å². The molecule has 0 aromatic heterocycles. The van der Waals surface area contributed by atoms with Crippen molar-refractivity contribution in [1.29, 1.82) is 5.41 Å². The maximum absolute atomic E-state index is 12.8. The summed E-state index contributed by atoms with van der Waals surface area (Å²) in [5.41, 5.74) is 6.40. The highest BCUT2D eigenvalue weighted by Gasteiger charge is 2.26. The maximum Gasteiger partial charge on any atom is 0.269 e. The average Bonchev–Trinajstić information content (AvgIpc) is 2.91. The Morgan fingerprint density at radius 1 is 1.03 bits per heavy atom. The standard InChI is InChI=1S/C26H26Cl2N6O4/c1-2-21(35)31-16-8-6-15(7-9-16)26(38)34-12-10-17(11-13-34)32-25(37)23(30)20(14-29)33-24(36)22-18(27)4-3-5-19(22)28/h2-9,14,17,29H,1,10-13,30H2,(H,31,35)(H,32,37)(H,33,36). The fourth-order valence-electron chi connectivity index (χ4n) is 3.77. The highest BCUT2D eigenvalue weighted by Crippen LogP contribution is 2.24. The molecule has 1 saturated heterocycles. The van der Waals surface area contributed by atoms with Crippen molar-refractivity contribution < 1.29 is 19.2 Å². The van der Waals surface area contributed by atoms with Crippen molar-refractivity contribution in [1.82, 2.24) is 15.5 Å². The molecule has 0 radical (unpaired) electrons. The lowest BCUT2D eigenvalue weighted by molar-refractivity contribution is -0.118. The average molecular weight is 557 g/mol. The number of allylic oxidation sites excluding steroid dienone is 1. The number of hydrogen-bond donors (Lipinski definition) is 5. The Balaban J connectivity index is 1.56. The van der Waals surface area contributed by atoms with Gasteiger partial charge in [0.05, 0.1) is 21.3 Å². The summed E-state index contributed by atoms with van der Waals surface area (Å²) in [7, 11) is 0. The van der Waals surface area contributed by atoms with Crippen LogP contribution in [0.15, 0.2) is 66.5 Å². The van der Waals surface area contributed by atoms with E-state index in [2.05, 4.69) is 22.5 Å². The van der Waals surface area contributed by atoms with E-state index in [-0.39, 0.29) is 44.9 Å². The number of piperidine rings is 1. The van der Waals surface area contributed by atoms with E-state index in [1.165, 1.54) is 12.1 Å². The summed E-state index contributed by atoms with van der Waals surface area (Å²) in [4.78, 5) is 51.2. The number of rotatable bonds is 8. The first-order valence-electron chi connectivity index (χ1n) is 11.5. The largest absolute Gasteiger partial charge is 0.393 e. The lowest BCUT2D eigenvalue weighted by Gasteiger charge is -2.32. The fourth-order valence-corrected chi connectivity index (χ4v) is 4.33. The Labute approximate surface area is 229 Å². The number of amides is 4.